The van der Waals surface area contributed by atoms with Crippen molar-refractivity contribution in [2.45, 2.75) is 65.8 Å². The van der Waals surface area contributed by atoms with Gasteiger partial charge in [0.05, 0.1) is 12.6 Å². The lowest BCUT2D eigenvalue weighted by Crippen LogP contribution is -2.24. The van der Waals surface area contributed by atoms with E-state index in [-0.39, 0.29) is 0 Å². The summed E-state index contributed by atoms with van der Waals surface area (Å²) in [6, 6.07) is 0.439. The largest absolute Gasteiger partial charge is 0.379 e. The summed E-state index contributed by atoms with van der Waals surface area (Å²) < 4.78 is 7.36. The molecular formula is C12H25N5O. The number of hydrogen-bond donors (Lipinski definition) is 1. The molecule has 6 heteroatoms. The maximum atomic E-state index is 5.50. The highest BCUT2D eigenvalue weighted by Gasteiger charge is 2.06. The fourth-order valence-corrected chi connectivity index (χ4v) is 1.50. The second-order valence-corrected chi connectivity index (χ2v) is 4.98. The van der Waals surface area contributed by atoms with E-state index in [0.29, 0.717) is 18.7 Å². The van der Waals surface area contributed by atoms with E-state index in [1.54, 1.807) is 0 Å². The number of aromatic nitrogens is 4. The van der Waals surface area contributed by atoms with Crippen molar-refractivity contribution < 1.29 is 4.74 Å². The third kappa shape index (κ3) is 6.07. The lowest BCUT2D eigenvalue weighted by atomic mass is 10.3. The van der Waals surface area contributed by atoms with Crippen LogP contribution in [0.15, 0.2) is 0 Å². The predicted molar refractivity (Wildman–Crippen MR) is 70.1 cm³/mol. The SMILES string of the molecule is CC(C)NCc1nnnn1CCCCOC(C)C. The second-order valence-electron chi connectivity index (χ2n) is 4.98. The molecule has 18 heavy (non-hydrogen) atoms. The van der Waals surface area contributed by atoms with Crippen molar-refractivity contribution in [3.63, 3.8) is 0 Å². The van der Waals surface area contributed by atoms with Gasteiger partial charge >= 0.3 is 0 Å². The summed E-state index contributed by atoms with van der Waals surface area (Å²) in [6.07, 6.45) is 2.38. The van der Waals surface area contributed by atoms with Gasteiger partial charge in [-0.25, -0.2) is 4.68 Å². The van der Waals surface area contributed by atoms with Gasteiger partial charge in [0, 0.05) is 19.2 Å². The molecule has 0 bridgehead atoms. The van der Waals surface area contributed by atoms with Crippen molar-refractivity contribution in [2.24, 2.45) is 0 Å². The van der Waals surface area contributed by atoms with Crippen molar-refractivity contribution in [3.8, 4) is 0 Å². The van der Waals surface area contributed by atoms with Gasteiger partial charge in [-0.3, -0.25) is 0 Å². The summed E-state index contributed by atoms with van der Waals surface area (Å²) >= 11 is 0. The summed E-state index contributed by atoms with van der Waals surface area (Å²) in [5, 5.41) is 15.1. The normalized spacial score (nSPS) is 11.7. The molecule has 1 aromatic heterocycles. The van der Waals surface area contributed by atoms with E-state index in [9.17, 15) is 0 Å². The Labute approximate surface area is 109 Å². The van der Waals surface area contributed by atoms with Crippen LogP contribution in [-0.4, -0.2) is 39.0 Å². The average Bonchev–Trinajstić information content (AvgIpc) is 2.73. The predicted octanol–water partition coefficient (Wildman–Crippen LogP) is 1.38. The Morgan fingerprint density at radius 3 is 2.67 bits per heavy atom. The number of aryl methyl sites for hydroxylation is 1. The molecule has 0 saturated carbocycles. The van der Waals surface area contributed by atoms with Gasteiger partial charge in [0.15, 0.2) is 5.82 Å². The minimum atomic E-state index is 0.309. The first-order valence-corrected chi connectivity index (χ1v) is 6.69. The van der Waals surface area contributed by atoms with E-state index in [0.717, 1.165) is 31.8 Å². The molecule has 6 nitrogen and oxygen atoms in total. The summed E-state index contributed by atoms with van der Waals surface area (Å²) in [4.78, 5) is 0. The topological polar surface area (TPSA) is 64.9 Å². The van der Waals surface area contributed by atoms with Gasteiger partial charge in [0.1, 0.15) is 0 Å². The summed E-state index contributed by atoms with van der Waals surface area (Å²) in [7, 11) is 0. The lowest BCUT2D eigenvalue weighted by molar-refractivity contribution is 0.0752. The Balaban J connectivity index is 2.23. The molecule has 0 spiro atoms. The molecule has 0 aliphatic heterocycles. The first-order valence-electron chi connectivity index (χ1n) is 6.69. The Hall–Kier alpha value is -1.01. The maximum absolute atomic E-state index is 5.50. The molecule has 0 aliphatic rings. The van der Waals surface area contributed by atoms with Crippen LogP contribution in [0.3, 0.4) is 0 Å². The number of rotatable bonds is 9. The Bertz CT molecular complexity index is 324. The Morgan fingerprint density at radius 1 is 1.22 bits per heavy atom. The van der Waals surface area contributed by atoms with Crippen LogP contribution in [0.2, 0.25) is 0 Å². The Morgan fingerprint density at radius 2 is 2.00 bits per heavy atom. The molecule has 0 amide bonds. The molecule has 1 rings (SSSR count). The van der Waals surface area contributed by atoms with Crippen LogP contribution in [0.25, 0.3) is 0 Å². The number of nitrogens with one attached hydrogen (secondary N) is 1. The monoisotopic (exact) mass is 255 g/mol. The van der Waals surface area contributed by atoms with Crippen LogP contribution in [0.5, 0.6) is 0 Å². The second kappa shape index (κ2) is 8.16. The highest BCUT2D eigenvalue weighted by Crippen LogP contribution is 1.99. The zero-order chi connectivity index (χ0) is 13.4. The molecule has 1 N–H and O–H groups in total. The van der Waals surface area contributed by atoms with Crippen LogP contribution >= 0.6 is 0 Å². The maximum Gasteiger partial charge on any atom is 0.165 e. The molecule has 104 valence electrons. The van der Waals surface area contributed by atoms with Crippen molar-refractivity contribution >= 4 is 0 Å². The van der Waals surface area contributed by atoms with Gasteiger partial charge in [-0.05, 0) is 37.1 Å². The smallest absolute Gasteiger partial charge is 0.165 e. The van der Waals surface area contributed by atoms with E-state index in [4.69, 9.17) is 4.74 Å². The number of hydrogen-bond acceptors (Lipinski definition) is 5. The van der Waals surface area contributed by atoms with Crippen molar-refractivity contribution in [3.05, 3.63) is 5.82 Å². The summed E-state index contributed by atoms with van der Waals surface area (Å²) in [6.45, 7) is 10.7. The minimum Gasteiger partial charge on any atom is -0.379 e. The third-order valence-corrected chi connectivity index (χ3v) is 2.49. The quantitative estimate of drug-likeness (QED) is 0.675. The van der Waals surface area contributed by atoms with Crippen molar-refractivity contribution in [1.82, 2.24) is 25.5 Å². The zero-order valence-corrected chi connectivity index (χ0v) is 11.9. The standard InChI is InChI=1S/C12H25N5O/c1-10(2)13-9-12-14-15-16-17(12)7-5-6-8-18-11(3)4/h10-11,13H,5-9H2,1-4H3. The highest BCUT2D eigenvalue weighted by atomic mass is 16.5. The molecule has 1 aromatic rings. The van der Waals surface area contributed by atoms with Crippen LogP contribution < -0.4 is 5.32 Å². The van der Waals surface area contributed by atoms with E-state index >= 15 is 0 Å². The van der Waals surface area contributed by atoms with E-state index < -0.39 is 0 Å². The van der Waals surface area contributed by atoms with Crippen LogP contribution in [0, 0.1) is 0 Å². The van der Waals surface area contributed by atoms with E-state index in [1.165, 1.54) is 0 Å². The molecular weight excluding hydrogens is 230 g/mol. The molecule has 0 fully saturated rings. The lowest BCUT2D eigenvalue weighted by Gasteiger charge is -2.09. The molecule has 0 unspecified atom stereocenters. The fourth-order valence-electron chi connectivity index (χ4n) is 1.50. The first-order chi connectivity index (χ1) is 8.59. The van der Waals surface area contributed by atoms with Crippen LogP contribution in [0.1, 0.15) is 46.4 Å². The van der Waals surface area contributed by atoms with Gasteiger partial charge in [-0.1, -0.05) is 13.8 Å². The first kappa shape index (κ1) is 15.0. The molecule has 0 aromatic carbocycles. The molecule has 0 aliphatic carbocycles. The number of unbranched alkanes of at least 4 members (excludes halogenated alkanes) is 1. The van der Waals surface area contributed by atoms with Crippen LogP contribution in [-0.2, 0) is 17.8 Å². The number of tetrazole rings is 1. The third-order valence-electron chi connectivity index (χ3n) is 2.49. The number of nitrogens with zero attached hydrogens (tertiary/aromatic N) is 4. The molecule has 0 radical (unpaired) electrons. The molecule has 0 atom stereocenters. The number of ether oxygens (including phenoxy) is 1. The van der Waals surface area contributed by atoms with Gasteiger partial charge in [0.2, 0.25) is 0 Å². The highest BCUT2D eigenvalue weighted by molar-refractivity contribution is 4.80. The molecule has 0 saturated heterocycles. The van der Waals surface area contributed by atoms with Gasteiger partial charge in [0.25, 0.3) is 0 Å². The minimum absolute atomic E-state index is 0.309. The van der Waals surface area contributed by atoms with Crippen LogP contribution in [0.4, 0.5) is 0 Å². The van der Waals surface area contributed by atoms with Gasteiger partial charge < -0.3 is 10.1 Å². The van der Waals surface area contributed by atoms with Crippen molar-refractivity contribution in [1.29, 1.82) is 0 Å². The zero-order valence-electron chi connectivity index (χ0n) is 11.9. The fraction of sp³-hybridized carbons (Fsp3) is 0.917. The van der Waals surface area contributed by atoms with E-state index in [2.05, 4.69) is 48.5 Å². The molecule has 1 heterocycles. The Kier molecular flexibility index (Phi) is 6.82. The summed E-state index contributed by atoms with van der Waals surface area (Å²) in [5.41, 5.74) is 0. The van der Waals surface area contributed by atoms with E-state index in [1.807, 2.05) is 4.68 Å². The summed E-state index contributed by atoms with van der Waals surface area (Å²) in [5.74, 6) is 0.897. The average molecular weight is 255 g/mol. The van der Waals surface area contributed by atoms with Gasteiger partial charge in [-0.2, -0.15) is 0 Å². The van der Waals surface area contributed by atoms with Crippen molar-refractivity contribution in [2.75, 3.05) is 6.61 Å². The van der Waals surface area contributed by atoms with Gasteiger partial charge in [-0.15, -0.1) is 5.10 Å².